The molecule has 5 nitrogen and oxygen atoms in total. The molecule has 0 N–H and O–H groups in total. The van der Waals surface area contributed by atoms with E-state index in [9.17, 15) is 10.1 Å². The Morgan fingerprint density at radius 3 is 2.61 bits per heavy atom. The van der Waals surface area contributed by atoms with Gasteiger partial charge in [0.1, 0.15) is 11.4 Å². The van der Waals surface area contributed by atoms with E-state index < -0.39 is 0 Å². The van der Waals surface area contributed by atoms with Gasteiger partial charge in [0.25, 0.3) is 0 Å². The van der Waals surface area contributed by atoms with E-state index in [0.717, 1.165) is 5.69 Å². The predicted molar refractivity (Wildman–Crippen MR) is 73.1 cm³/mol. The van der Waals surface area contributed by atoms with Crippen molar-refractivity contribution in [2.45, 2.75) is 43.9 Å². The first-order valence-electron chi connectivity index (χ1n) is 6.26. The summed E-state index contributed by atoms with van der Waals surface area (Å²) in [7, 11) is 1.79. The van der Waals surface area contributed by atoms with Crippen molar-refractivity contribution in [2.75, 3.05) is 0 Å². The number of hydrogen-bond acceptors (Lipinski definition) is 3. The second-order valence-corrected chi connectivity index (χ2v) is 6.45. The highest BCUT2D eigenvalue weighted by Gasteiger charge is 2.34. The maximum Gasteiger partial charge on any atom is 0.313 e. The fraction of sp³-hybridized carbons (Fsp3) is 0.750. The maximum atomic E-state index is 11.3. The first kappa shape index (κ1) is 13.5. The molecule has 0 spiro atoms. The molecule has 2 rings (SSSR count). The molecular weight excluding hydrogens is 298 g/mol. The molecule has 1 unspecified atom stereocenters. The predicted octanol–water partition coefficient (Wildman–Crippen LogP) is 3.17. The molecule has 6 heteroatoms. The Labute approximate surface area is 115 Å². The lowest BCUT2D eigenvalue weighted by Gasteiger charge is -2.07. The molecule has 1 heterocycles. The maximum absolute atomic E-state index is 11.3. The first-order chi connectivity index (χ1) is 8.41. The lowest BCUT2D eigenvalue weighted by atomic mass is 10.1. The second-order valence-electron chi connectivity index (χ2n) is 5.27. The van der Waals surface area contributed by atoms with Gasteiger partial charge in [0.05, 0.1) is 4.92 Å². The number of nitrogens with zero attached hydrogens (tertiary/aromatic N) is 3. The minimum absolute atomic E-state index is 0.0695. The Hall–Kier alpha value is -0.910. The van der Waals surface area contributed by atoms with Gasteiger partial charge >= 0.3 is 5.69 Å². The Bertz CT molecular complexity index is 466. The number of aryl methyl sites for hydroxylation is 1. The molecule has 0 saturated heterocycles. The highest BCUT2D eigenvalue weighted by molar-refractivity contribution is 9.09. The zero-order valence-electron chi connectivity index (χ0n) is 10.9. The molecule has 0 aliphatic heterocycles. The van der Waals surface area contributed by atoms with Crippen LogP contribution in [0.4, 0.5) is 5.69 Å². The van der Waals surface area contributed by atoms with Crippen LogP contribution in [-0.2, 0) is 13.5 Å². The molecule has 1 aliphatic carbocycles. The van der Waals surface area contributed by atoms with Crippen LogP contribution in [0.5, 0.6) is 0 Å². The van der Waals surface area contributed by atoms with E-state index in [1.165, 1.54) is 12.8 Å². The molecular formula is C12H18BrN3O2. The average molecular weight is 316 g/mol. The van der Waals surface area contributed by atoms with E-state index in [1.54, 1.807) is 11.7 Å². The van der Waals surface area contributed by atoms with Crippen LogP contribution in [0.1, 0.15) is 44.0 Å². The van der Waals surface area contributed by atoms with Gasteiger partial charge in [-0.25, -0.2) is 0 Å². The summed E-state index contributed by atoms with van der Waals surface area (Å²) in [6.07, 6.45) is 3.12. The van der Waals surface area contributed by atoms with E-state index in [2.05, 4.69) is 21.0 Å². The molecule has 0 aromatic carbocycles. The van der Waals surface area contributed by atoms with Crippen LogP contribution in [0, 0.1) is 16.0 Å². The van der Waals surface area contributed by atoms with Gasteiger partial charge in [0.2, 0.25) is 0 Å². The number of hydrogen-bond donors (Lipinski definition) is 0. The number of aromatic nitrogens is 2. The summed E-state index contributed by atoms with van der Waals surface area (Å²) in [6, 6.07) is 0. The van der Waals surface area contributed by atoms with Gasteiger partial charge in [0, 0.05) is 24.2 Å². The second kappa shape index (κ2) is 4.99. The third-order valence-corrected chi connectivity index (χ3v) is 4.49. The summed E-state index contributed by atoms with van der Waals surface area (Å²) in [5.41, 5.74) is 1.53. The molecule has 1 atom stereocenters. The van der Waals surface area contributed by atoms with Crippen molar-refractivity contribution < 1.29 is 4.92 Å². The number of alkyl halides is 1. The van der Waals surface area contributed by atoms with E-state index >= 15 is 0 Å². The number of halogens is 1. The van der Waals surface area contributed by atoms with E-state index in [4.69, 9.17) is 0 Å². The fourth-order valence-corrected chi connectivity index (χ4v) is 3.03. The lowest BCUT2D eigenvalue weighted by Crippen LogP contribution is -2.10. The van der Waals surface area contributed by atoms with Crippen LogP contribution in [-0.4, -0.2) is 19.5 Å². The van der Waals surface area contributed by atoms with Crippen LogP contribution in [0.3, 0.4) is 0 Å². The third-order valence-electron chi connectivity index (χ3n) is 3.42. The Morgan fingerprint density at radius 2 is 2.17 bits per heavy atom. The van der Waals surface area contributed by atoms with Gasteiger partial charge < -0.3 is 0 Å². The summed E-state index contributed by atoms with van der Waals surface area (Å²) in [6.45, 7) is 3.87. The summed E-state index contributed by atoms with van der Waals surface area (Å²) in [5.74, 6) is 0.738. The van der Waals surface area contributed by atoms with Crippen molar-refractivity contribution in [3.63, 3.8) is 0 Å². The normalized spacial score (nSPS) is 17.2. The van der Waals surface area contributed by atoms with Crippen LogP contribution in [0.25, 0.3) is 0 Å². The molecule has 1 saturated carbocycles. The summed E-state index contributed by atoms with van der Waals surface area (Å²) >= 11 is 3.64. The zero-order valence-corrected chi connectivity index (χ0v) is 12.5. The minimum Gasteiger partial charge on any atom is -0.265 e. The van der Waals surface area contributed by atoms with Crippen molar-refractivity contribution in [3.05, 3.63) is 21.5 Å². The summed E-state index contributed by atoms with van der Waals surface area (Å²) in [5, 5.41) is 15.6. The molecule has 1 aromatic heterocycles. The largest absolute Gasteiger partial charge is 0.313 e. The Balaban J connectivity index is 2.34. The van der Waals surface area contributed by atoms with Gasteiger partial charge in [-0.15, -0.1) is 0 Å². The molecule has 18 heavy (non-hydrogen) atoms. The van der Waals surface area contributed by atoms with Crippen molar-refractivity contribution >= 4 is 21.6 Å². The zero-order chi connectivity index (χ0) is 13.4. The fourth-order valence-electron chi connectivity index (χ4n) is 2.20. The van der Waals surface area contributed by atoms with Crippen molar-refractivity contribution in [1.29, 1.82) is 0 Å². The molecule has 1 aliphatic rings. The quantitative estimate of drug-likeness (QED) is 0.476. The first-order valence-corrected chi connectivity index (χ1v) is 7.17. The van der Waals surface area contributed by atoms with Crippen molar-refractivity contribution in [2.24, 2.45) is 13.0 Å². The van der Waals surface area contributed by atoms with Gasteiger partial charge in [-0.1, -0.05) is 29.8 Å². The van der Waals surface area contributed by atoms with E-state index in [1.807, 2.05) is 13.8 Å². The highest BCUT2D eigenvalue weighted by atomic mass is 79.9. The molecule has 1 aromatic rings. The minimum atomic E-state index is -0.287. The van der Waals surface area contributed by atoms with E-state index in [0.29, 0.717) is 22.9 Å². The Kier molecular flexibility index (Phi) is 3.75. The smallest absolute Gasteiger partial charge is 0.265 e. The molecule has 0 bridgehead atoms. The summed E-state index contributed by atoms with van der Waals surface area (Å²) < 4.78 is 1.67. The highest BCUT2D eigenvalue weighted by Crippen LogP contribution is 2.40. The van der Waals surface area contributed by atoms with Gasteiger partial charge in [0.15, 0.2) is 0 Å². The van der Waals surface area contributed by atoms with Crippen molar-refractivity contribution in [3.8, 4) is 0 Å². The standard InChI is InChI=1S/C12H18BrN3O2/c1-7(2)11-12(16(17)18)10(15(3)14-11)6-9(13)8-4-5-8/h7-9H,4-6H2,1-3H3. The molecule has 0 amide bonds. The van der Waals surface area contributed by atoms with Crippen LogP contribution in [0.15, 0.2) is 0 Å². The molecule has 1 fully saturated rings. The van der Waals surface area contributed by atoms with Crippen LogP contribution < -0.4 is 0 Å². The Morgan fingerprint density at radius 1 is 1.56 bits per heavy atom. The van der Waals surface area contributed by atoms with Crippen LogP contribution in [0.2, 0.25) is 0 Å². The monoisotopic (exact) mass is 315 g/mol. The van der Waals surface area contributed by atoms with Gasteiger partial charge in [-0.3, -0.25) is 14.8 Å². The third kappa shape index (κ3) is 2.58. The SMILES string of the molecule is CC(C)c1nn(C)c(CC(Br)C2CC2)c1[N+](=O)[O-]. The number of rotatable bonds is 5. The molecule has 0 radical (unpaired) electrons. The average Bonchev–Trinajstić information content (AvgIpc) is 3.05. The van der Waals surface area contributed by atoms with E-state index in [-0.39, 0.29) is 16.5 Å². The van der Waals surface area contributed by atoms with Crippen LogP contribution >= 0.6 is 15.9 Å². The number of nitro groups is 1. The summed E-state index contributed by atoms with van der Waals surface area (Å²) in [4.78, 5) is 11.3. The topological polar surface area (TPSA) is 61.0 Å². The van der Waals surface area contributed by atoms with Gasteiger partial charge in [-0.05, 0) is 18.8 Å². The van der Waals surface area contributed by atoms with Gasteiger partial charge in [-0.2, -0.15) is 5.10 Å². The lowest BCUT2D eigenvalue weighted by molar-refractivity contribution is -0.386. The van der Waals surface area contributed by atoms with Crippen molar-refractivity contribution in [1.82, 2.24) is 9.78 Å². The molecule has 100 valence electrons.